The molecule has 4 nitrogen and oxygen atoms in total. The van der Waals surface area contributed by atoms with E-state index in [1.807, 2.05) is 6.07 Å². The summed E-state index contributed by atoms with van der Waals surface area (Å²) in [6.07, 6.45) is 0.535. The largest absolute Gasteiger partial charge is 0.504 e. The van der Waals surface area contributed by atoms with E-state index in [9.17, 15) is 10.2 Å². The first-order valence-electron chi connectivity index (χ1n) is 6.27. The van der Waals surface area contributed by atoms with Crippen LogP contribution in [0.2, 0.25) is 0 Å². The molecule has 0 amide bonds. The van der Waals surface area contributed by atoms with Crippen molar-refractivity contribution >= 4 is 0 Å². The maximum atomic E-state index is 9.63. The summed E-state index contributed by atoms with van der Waals surface area (Å²) >= 11 is 0. The molecule has 0 spiro atoms. The SMILES string of the molecule is COc1ccc(CNCC(C)CC(C)O)cc1O. The quantitative estimate of drug-likeness (QED) is 0.694. The normalized spacial score (nSPS) is 14.2. The second-order valence-electron chi connectivity index (χ2n) is 4.83. The Bertz CT molecular complexity index is 366. The highest BCUT2D eigenvalue weighted by atomic mass is 16.5. The number of phenols is 1. The van der Waals surface area contributed by atoms with Gasteiger partial charge in [0.05, 0.1) is 13.2 Å². The summed E-state index contributed by atoms with van der Waals surface area (Å²) in [7, 11) is 1.53. The van der Waals surface area contributed by atoms with Crippen molar-refractivity contribution in [3.05, 3.63) is 23.8 Å². The van der Waals surface area contributed by atoms with Gasteiger partial charge in [-0.2, -0.15) is 0 Å². The standard InChI is InChI=1S/C14H23NO3/c1-10(6-11(2)16)8-15-9-12-4-5-14(18-3)13(17)7-12/h4-5,7,10-11,15-17H,6,8-9H2,1-3H3. The molecule has 0 saturated carbocycles. The van der Waals surface area contributed by atoms with Crippen LogP contribution in [-0.2, 0) is 6.54 Å². The van der Waals surface area contributed by atoms with Crippen molar-refractivity contribution in [3.63, 3.8) is 0 Å². The van der Waals surface area contributed by atoms with E-state index in [1.54, 1.807) is 19.1 Å². The first-order valence-corrected chi connectivity index (χ1v) is 6.27. The highest BCUT2D eigenvalue weighted by Gasteiger charge is 2.06. The number of rotatable bonds is 7. The molecule has 0 aliphatic carbocycles. The second-order valence-corrected chi connectivity index (χ2v) is 4.83. The van der Waals surface area contributed by atoms with Gasteiger partial charge in [-0.15, -0.1) is 0 Å². The summed E-state index contributed by atoms with van der Waals surface area (Å²) in [4.78, 5) is 0. The molecule has 0 heterocycles. The van der Waals surface area contributed by atoms with Gasteiger partial charge in [-0.25, -0.2) is 0 Å². The van der Waals surface area contributed by atoms with Crippen LogP contribution in [0.1, 0.15) is 25.8 Å². The number of ether oxygens (including phenoxy) is 1. The molecule has 0 saturated heterocycles. The van der Waals surface area contributed by atoms with E-state index in [1.165, 1.54) is 7.11 Å². The van der Waals surface area contributed by atoms with E-state index in [0.717, 1.165) is 18.5 Å². The molecule has 0 bridgehead atoms. The molecule has 3 N–H and O–H groups in total. The lowest BCUT2D eigenvalue weighted by Crippen LogP contribution is -2.23. The van der Waals surface area contributed by atoms with E-state index in [4.69, 9.17) is 4.74 Å². The average Bonchev–Trinajstić information content (AvgIpc) is 2.28. The minimum atomic E-state index is -0.258. The van der Waals surface area contributed by atoms with Crippen molar-refractivity contribution in [2.24, 2.45) is 5.92 Å². The number of phenolic OH excluding ortho intramolecular Hbond substituents is 1. The molecule has 0 aliphatic heterocycles. The number of methoxy groups -OCH3 is 1. The van der Waals surface area contributed by atoms with Crippen molar-refractivity contribution in [1.82, 2.24) is 5.32 Å². The Labute approximate surface area is 109 Å². The van der Waals surface area contributed by atoms with Crippen LogP contribution in [0.5, 0.6) is 11.5 Å². The Kier molecular flexibility index (Phi) is 5.95. The predicted octanol–water partition coefficient (Wildman–Crippen LogP) is 1.90. The van der Waals surface area contributed by atoms with Crippen molar-refractivity contribution in [2.75, 3.05) is 13.7 Å². The molecule has 102 valence electrons. The lowest BCUT2D eigenvalue weighted by Gasteiger charge is -2.14. The highest BCUT2D eigenvalue weighted by molar-refractivity contribution is 5.41. The summed E-state index contributed by atoms with van der Waals surface area (Å²) in [5, 5.41) is 22.2. The lowest BCUT2D eigenvalue weighted by atomic mass is 10.0. The van der Waals surface area contributed by atoms with Crippen LogP contribution in [0.15, 0.2) is 18.2 Å². The van der Waals surface area contributed by atoms with Crippen LogP contribution in [-0.4, -0.2) is 30.0 Å². The maximum Gasteiger partial charge on any atom is 0.160 e. The van der Waals surface area contributed by atoms with Crippen LogP contribution in [0.3, 0.4) is 0 Å². The maximum absolute atomic E-state index is 9.63. The summed E-state index contributed by atoms with van der Waals surface area (Å²) in [5.74, 6) is 1.08. The number of aliphatic hydroxyl groups excluding tert-OH is 1. The van der Waals surface area contributed by atoms with E-state index < -0.39 is 0 Å². The van der Waals surface area contributed by atoms with Crippen molar-refractivity contribution in [2.45, 2.75) is 32.9 Å². The first-order chi connectivity index (χ1) is 8.52. The minimum absolute atomic E-state index is 0.161. The molecule has 4 heteroatoms. The van der Waals surface area contributed by atoms with Crippen LogP contribution in [0, 0.1) is 5.92 Å². The first kappa shape index (κ1) is 14.8. The third-order valence-corrected chi connectivity index (χ3v) is 2.81. The van der Waals surface area contributed by atoms with E-state index in [-0.39, 0.29) is 11.9 Å². The van der Waals surface area contributed by atoms with Crippen LogP contribution >= 0.6 is 0 Å². The molecular formula is C14H23NO3. The monoisotopic (exact) mass is 253 g/mol. The van der Waals surface area contributed by atoms with E-state index in [0.29, 0.717) is 18.2 Å². The number of aliphatic hydroxyl groups is 1. The fourth-order valence-corrected chi connectivity index (χ4v) is 1.97. The second kappa shape index (κ2) is 7.24. The Hall–Kier alpha value is -1.26. The van der Waals surface area contributed by atoms with Gasteiger partial charge in [0.15, 0.2) is 11.5 Å². The van der Waals surface area contributed by atoms with Gasteiger partial charge >= 0.3 is 0 Å². The summed E-state index contributed by atoms with van der Waals surface area (Å²) in [6, 6.07) is 5.38. The molecule has 18 heavy (non-hydrogen) atoms. The topological polar surface area (TPSA) is 61.7 Å². The number of benzene rings is 1. The Morgan fingerprint density at radius 2 is 2.06 bits per heavy atom. The molecule has 0 aliphatic rings. The van der Waals surface area contributed by atoms with Gasteiger partial charge in [0.2, 0.25) is 0 Å². The molecular weight excluding hydrogens is 230 g/mol. The van der Waals surface area contributed by atoms with Crippen molar-refractivity contribution in [1.29, 1.82) is 0 Å². The van der Waals surface area contributed by atoms with Crippen LogP contribution in [0.25, 0.3) is 0 Å². The fourth-order valence-electron chi connectivity index (χ4n) is 1.97. The number of hydrogen-bond acceptors (Lipinski definition) is 4. The number of aromatic hydroxyl groups is 1. The van der Waals surface area contributed by atoms with Gasteiger partial charge in [-0.1, -0.05) is 13.0 Å². The van der Waals surface area contributed by atoms with E-state index >= 15 is 0 Å². The number of nitrogens with one attached hydrogen (secondary N) is 1. The predicted molar refractivity (Wildman–Crippen MR) is 71.8 cm³/mol. The van der Waals surface area contributed by atoms with Crippen molar-refractivity contribution in [3.8, 4) is 11.5 Å². The zero-order valence-corrected chi connectivity index (χ0v) is 11.3. The molecule has 1 rings (SSSR count). The molecule has 2 atom stereocenters. The van der Waals surface area contributed by atoms with Gasteiger partial charge in [0, 0.05) is 6.54 Å². The summed E-state index contributed by atoms with van der Waals surface area (Å²) in [6.45, 7) is 5.45. The van der Waals surface area contributed by atoms with Gasteiger partial charge in [-0.3, -0.25) is 0 Å². The zero-order valence-electron chi connectivity index (χ0n) is 11.3. The molecule has 1 aromatic carbocycles. The molecule has 0 fully saturated rings. The molecule has 1 aromatic rings. The molecule has 0 aromatic heterocycles. The summed E-state index contributed by atoms with van der Waals surface area (Å²) < 4.78 is 4.99. The van der Waals surface area contributed by atoms with Gasteiger partial charge < -0.3 is 20.3 Å². The van der Waals surface area contributed by atoms with Gasteiger partial charge in [-0.05, 0) is 43.5 Å². The third-order valence-electron chi connectivity index (χ3n) is 2.81. The fraction of sp³-hybridized carbons (Fsp3) is 0.571. The van der Waals surface area contributed by atoms with Crippen LogP contribution in [0.4, 0.5) is 0 Å². The Balaban J connectivity index is 2.37. The average molecular weight is 253 g/mol. The number of hydrogen-bond donors (Lipinski definition) is 3. The highest BCUT2D eigenvalue weighted by Crippen LogP contribution is 2.26. The lowest BCUT2D eigenvalue weighted by molar-refractivity contribution is 0.163. The molecule has 0 radical (unpaired) electrons. The minimum Gasteiger partial charge on any atom is -0.504 e. The molecule has 2 unspecified atom stereocenters. The third kappa shape index (κ3) is 4.94. The van der Waals surface area contributed by atoms with Crippen molar-refractivity contribution < 1.29 is 14.9 Å². The van der Waals surface area contributed by atoms with Gasteiger partial charge in [0.1, 0.15) is 0 Å². The Morgan fingerprint density at radius 1 is 1.33 bits per heavy atom. The zero-order chi connectivity index (χ0) is 13.5. The van der Waals surface area contributed by atoms with E-state index in [2.05, 4.69) is 12.2 Å². The van der Waals surface area contributed by atoms with Crippen LogP contribution < -0.4 is 10.1 Å². The Morgan fingerprint density at radius 3 is 2.61 bits per heavy atom. The smallest absolute Gasteiger partial charge is 0.160 e. The summed E-state index contributed by atoms with van der Waals surface area (Å²) in [5.41, 5.74) is 1.01. The van der Waals surface area contributed by atoms with Gasteiger partial charge in [0.25, 0.3) is 0 Å².